The van der Waals surface area contributed by atoms with Crippen LogP contribution >= 0.6 is 0 Å². The quantitative estimate of drug-likeness (QED) is 0.659. The molecule has 0 aliphatic heterocycles. The fourth-order valence-electron chi connectivity index (χ4n) is 1.48. The average molecular weight is 257 g/mol. The molecule has 0 amide bonds. The van der Waals surface area contributed by atoms with Crippen molar-refractivity contribution in [1.29, 1.82) is 0 Å². The van der Waals surface area contributed by atoms with Crippen molar-refractivity contribution in [2.75, 3.05) is 39.8 Å². The van der Waals surface area contributed by atoms with Crippen LogP contribution in [0.2, 0.25) is 0 Å². The van der Waals surface area contributed by atoms with Crippen molar-refractivity contribution in [3.05, 3.63) is 12.1 Å². The fourth-order valence-corrected chi connectivity index (χ4v) is 1.48. The van der Waals surface area contributed by atoms with Crippen LogP contribution in [0, 0.1) is 0 Å². The van der Waals surface area contributed by atoms with Crippen molar-refractivity contribution in [1.82, 2.24) is 0 Å². The van der Waals surface area contributed by atoms with E-state index in [1.807, 2.05) is 0 Å². The van der Waals surface area contributed by atoms with Gasteiger partial charge in [0.15, 0.2) is 11.5 Å². The molecule has 0 saturated heterocycles. The number of aliphatic hydroxyl groups excluding tert-OH is 2. The highest BCUT2D eigenvalue weighted by atomic mass is 16.5. The largest absolute Gasteiger partial charge is 0.493 e. The van der Waals surface area contributed by atoms with Crippen molar-refractivity contribution >= 4 is 5.69 Å². The van der Waals surface area contributed by atoms with Crippen molar-refractivity contribution in [3.8, 4) is 17.2 Å². The maximum absolute atomic E-state index is 9.27. The number of nitrogens with one attached hydrogen (secondary N) is 1. The van der Waals surface area contributed by atoms with Crippen LogP contribution in [0.5, 0.6) is 17.2 Å². The molecule has 0 bridgehead atoms. The molecule has 1 rings (SSSR count). The summed E-state index contributed by atoms with van der Waals surface area (Å²) in [6.07, 6.45) is -0.816. The molecule has 0 saturated carbocycles. The van der Waals surface area contributed by atoms with Crippen LogP contribution in [-0.2, 0) is 0 Å². The summed E-state index contributed by atoms with van der Waals surface area (Å²) in [5.74, 6) is 1.56. The van der Waals surface area contributed by atoms with E-state index in [-0.39, 0.29) is 13.2 Å². The molecule has 0 aliphatic rings. The van der Waals surface area contributed by atoms with Gasteiger partial charge in [0.2, 0.25) is 5.75 Å². The second kappa shape index (κ2) is 6.93. The third kappa shape index (κ3) is 3.41. The summed E-state index contributed by atoms with van der Waals surface area (Å²) < 4.78 is 15.6. The molecule has 6 nitrogen and oxygen atoms in total. The molecule has 0 aromatic heterocycles. The van der Waals surface area contributed by atoms with Gasteiger partial charge in [-0.05, 0) is 0 Å². The Bertz CT molecular complexity index is 358. The Kier molecular flexibility index (Phi) is 5.54. The number of methoxy groups -OCH3 is 3. The van der Waals surface area contributed by atoms with Gasteiger partial charge in [0.05, 0.1) is 34.0 Å². The maximum atomic E-state index is 9.27. The SMILES string of the molecule is COc1cc(NCC(O)CO)cc(OC)c1OC. The Hall–Kier alpha value is -1.66. The molecule has 1 aromatic carbocycles. The minimum Gasteiger partial charge on any atom is -0.493 e. The molecule has 0 heterocycles. The molecule has 0 radical (unpaired) electrons. The van der Waals surface area contributed by atoms with Crippen molar-refractivity contribution in [2.24, 2.45) is 0 Å². The molecule has 1 aromatic rings. The minimum atomic E-state index is -0.816. The molecule has 1 atom stereocenters. The maximum Gasteiger partial charge on any atom is 0.203 e. The minimum absolute atomic E-state index is 0.231. The third-order valence-electron chi connectivity index (χ3n) is 2.42. The van der Waals surface area contributed by atoms with Gasteiger partial charge in [0.1, 0.15) is 0 Å². The zero-order valence-electron chi connectivity index (χ0n) is 10.8. The first-order valence-electron chi connectivity index (χ1n) is 5.49. The number of aliphatic hydroxyl groups is 2. The van der Waals surface area contributed by atoms with Gasteiger partial charge in [-0.3, -0.25) is 0 Å². The first-order chi connectivity index (χ1) is 8.65. The summed E-state index contributed by atoms with van der Waals surface area (Å²) in [6.45, 7) is -0.0629. The molecule has 18 heavy (non-hydrogen) atoms. The average Bonchev–Trinajstić information content (AvgIpc) is 2.43. The van der Waals surface area contributed by atoms with Crippen LogP contribution in [0.25, 0.3) is 0 Å². The zero-order chi connectivity index (χ0) is 13.5. The van der Waals surface area contributed by atoms with Gasteiger partial charge in [-0.25, -0.2) is 0 Å². The predicted molar refractivity (Wildman–Crippen MR) is 67.7 cm³/mol. The van der Waals surface area contributed by atoms with E-state index in [9.17, 15) is 5.11 Å². The normalized spacial score (nSPS) is 11.8. The van der Waals surface area contributed by atoms with E-state index in [4.69, 9.17) is 19.3 Å². The molecule has 102 valence electrons. The topological polar surface area (TPSA) is 80.2 Å². The first kappa shape index (κ1) is 14.4. The number of ether oxygens (including phenoxy) is 3. The standard InChI is InChI=1S/C12H19NO5/c1-16-10-4-8(13-6-9(15)7-14)5-11(17-2)12(10)18-3/h4-5,9,13-15H,6-7H2,1-3H3. The molecular weight excluding hydrogens is 238 g/mol. The zero-order valence-corrected chi connectivity index (χ0v) is 10.8. The smallest absolute Gasteiger partial charge is 0.203 e. The summed E-state index contributed by atoms with van der Waals surface area (Å²) in [4.78, 5) is 0. The lowest BCUT2D eigenvalue weighted by Crippen LogP contribution is -2.22. The van der Waals surface area contributed by atoms with Crippen LogP contribution in [0.3, 0.4) is 0 Å². The van der Waals surface area contributed by atoms with Crippen LogP contribution in [0.15, 0.2) is 12.1 Å². The molecule has 3 N–H and O–H groups in total. The summed E-state index contributed by atoms with van der Waals surface area (Å²) in [5, 5.41) is 21.0. The van der Waals surface area contributed by atoms with Crippen LogP contribution < -0.4 is 19.5 Å². The molecule has 6 heteroatoms. The van der Waals surface area contributed by atoms with E-state index in [1.165, 1.54) is 21.3 Å². The van der Waals surface area contributed by atoms with Gasteiger partial charge < -0.3 is 29.7 Å². The highest BCUT2D eigenvalue weighted by Gasteiger charge is 2.13. The summed E-state index contributed by atoms with van der Waals surface area (Å²) in [7, 11) is 4.59. The summed E-state index contributed by atoms with van der Waals surface area (Å²) >= 11 is 0. The number of hydrogen-bond acceptors (Lipinski definition) is 6. The Labute approximate surface area is 106 Å². The van der Waals surface area contributed by atoms with Crippen molar-refractivity contribution < 1.29 is 24.4 Å². The number of benzene rings is 1. The lowest BCUT2D eigenvalue weighted by atomic mass is 10.2. The van der Waals surface area contributed by atoms with E-state index in [0.29, 0.717) is 22.9 Å². The van der Waals surface area contributed by atoms with Crippen molar-refractivity contribution in [3.63, 3.8) is 0 Å². The van der Waals surface area contributed by atoms with E-state index in [2.05, 4.69) is 5.32 Å². The van der Waals surface area contributed by atoms with Gasteiger partial charge >= 0.3 is 0 Å². The number of anilines is 1. The fraction of sp³-hybridized carbons (Fsp3) is 0.500. The van der Waals surface area contributed by atoms with Crippen LogP contribution in [0.1, 0.15) is 0 Å². The molecule has 0 aliphatic carbocycles. The van der Waals surface area contributed by atoms with E-state index in [1.54, 1.807) is 12.1 Å². The van der Waals surface area contributed by atoms with E-state index in [0.717, 1.165) is 0 Å². The van der Waals surface area contributed by atoms with E-state index >= 15 is 0 Å². The monoisotopic (exact) mass is 257 g/mol. The highest BCUT2D eigenvalue weighted by molar-refractivity contribution is 5.62. The van der Waals surface area contributed by atoms with Gasteiger partial charge in [-0.1, -0.05) is 0 Å². The second-order valence-electron chi connectivity index (χ2n) is 3.63. The van der Waals surface area contributed by atoms with Crippen LogP contribution in [0.4, 0.5) is 5.69 Å². The lowest BCUT2D eigenvalue weighted by molar-refractivity contribution is 0.105. The van der Waals surface area contributed by atoms with E-state index < -0.39 is 6.10 Å². The molecule has 1 unspecified atom stereocenters. The van der Waals surface area contributed by atoms with Gasteiger partial charge in [0, 0.05) is 24.4 Å². The molecule has 0 fully saturated rings. The first-order valence-corrected chi connectivity index (χ1v) is 5.49. The number of hydrogen-bond donors (Lipinski definition) is 3. The molecule has 0 spiro atoms. The van der Waals surface area contributed by atoms with Gasteiger partial charge in [0.25, 0.3) is 0 Å². The van der Waals surface area contributed by atoms with Gasteiger partial charge in [-0.15, -0.1) is 0 Å². The number of rotatable bonds is 7. The Morgan fingerprint density at radius 1 is 1.11 bits per heavy atom. The Morgan fingerprint density at radius 3 is 2.06 bits per heavy atom. The summed E-state index contributed by atoms with van der Waals surface area (Å²) in [5.41, 5.74) is 0.706. The lowest BCUT2D eigenvalue weighted by Gasteiger charge is -2.16. The van der Waals surface area contributed by atoms with Crippen molar-refractivity contribution in [2.45, 2.75) is 6.10 Å². The Balaban J connectivity index is 2.93. The third-order valence-corrected chi connectivity index (χ3v) is 2.42. The predicted octanol–water partition coefficient (Wildman–Crippen LogP) is 0.477. The second-order valence-corrected chi connectivity index (χ2v) is 3.63. The highest BCUT2D eigenvalue weighted by Crippen LogP contribution is 2.39. The molecular formula is C12H19NO5. The Morgan fingerprint density at radius 2 is 1.67 bits per heavy atom. The summed E-state index contributed by atoms with van der Waals surface area (Å²) in [6, 6.07) is 3.46. The van der Waals surface area contributed by atoms with Crippen LogP contribution in [-0.4, -0.2) is 50.8 Å². The van der Waals surface area contributed by atoms with Gasteiger partial charge in [-0.2, -0.15) is 0 Å².